The van der Waals surface area contributed by atoms with Crippen molar-refractivity contribution in [1.82, 2.24) is 5.32 Å². The van der Waals surface area contributed by atoms with Gasteiger partial charge in [-0.15, -0.1) is 0 Å². The molecule has 0 saturated heterocycles. The molecule has 1 amide bonds. The lowest BCUT2D eigenvalue weighted by molar-refractivity contribution is 0.134. The SMILES string of the molecule is O=C(NC1CCC(c2ccc(Cl)c(Cl)c2)c2ccccc21)OCc1ccccc1. The minimum atomic E-state index is -0.401. The number of halogens is 2. The van der Waals surface area contributed by atoms with Crippen LogP contribution in [0.3, 0.4) is 0 Å². The minimum Gasteiger partial charge on any atom is -0.445 e. The molecule has 3 aromatic rings. The highest BCUT2D eigenvalue weighted by molar-refractivity contribution is 6.42. The molecule has 0 fully saturated rings. The Morgan fingerprint density at radius 2 is 1.62 bits per heavy atom. The summed E-state index contributed by atoms with van der Waals surface area (Å²) in [5.41, 5.74) is 4.42. The number of hydrogen-bond donors (Lipinski definition) is 1. The Labute approximate surface area is 180 Å². The van der Waals surface area contributed by atoms with Crippen molar-refractivity contribution in [3.63, 3.8) is 0 Å². The zero-order valence-corrected chi connectivity index (χ0v) is 17.3. The van der Waals surface area contributed by atoms with Gasteiger partial charge in [-0.05, 0) is 47.2 Å². The Hall–Kier alpha value is -2.49. The van der Waals surface area contributed by atoms with E-state index in [0.29, 0.717) is 10.0 Å². The van der Waals surface area contributed by atoms with Crippen LogP contribution in [0.4, 0.5) is 4.79 Å². The number of alkyl carbamates (subject to hydrolysis) is 1. The van der Waals surface area contributed by atoms with Crippen LogP contribution in [0, 0.1) is 0 Å². The van der Waals surface area contributed by atoms with Gasteiger partial charge in [0.05, 0.1) is 16.1 Å². The second kappa shape index (κ2) is 8.89. The lowest BCUT2D eigenvalue weighted by Gasteiger charge is -2.32. The number of fused-ring (bicyclic) bond motifs is 1. The van der Waals surface area contributed by atoms with Gasteiger partial charge in [0.1, 0.15) is 6.61 Å². The summed E-state index contributed by atoms with van der Waals surface area (Å²) in [5, 5.41) is 4.15. The number of ether oxygens (including phenoxy) is 1. The van der Waals surface area contributed by atoms with E-state index in [2.05, 4.69) is 17.4 Å². The molecule has 4 rings (SSSR count). The highest BCUT2D eigenvalue weighted by Crippen LogP contribution is 2.42. The van der Waals surface area contributed by atoms with Crippen LogP contribution in [-0.2, 0) is 11.3 Å². The largest absolute Gasteiger partial charge is 0.445 e. The monoisotopic (exact) mass is 425 g/mol. The highest BCUT2D eigenvalue weighted by atomic mass is 35.5. The summed E-state index contributed by atoms with van der Waals surface area (Å²) >= 11 is 12.3. The van der Waals surface area contributed by atoms with Crippen molar-refractivity contribution < 1.29 is 9.53 Å². The third kappa shape index (κ3) is 4.58. The van der Waals surface area contributed by atoms with Gasteiger partial charge in [-0.1, -0.05) is 83.9 Å². The summed E-state index contributed by atoms with van der Waals surface area (Å²) in [7, 11) is 0. The second-order valence-corrected chi connectivity index (χ2v) is 8.01. The number of benzene rings is 3. The molecule has 0 spiro atoms. The van der Waals surface area contributed by atoms with Crippen LogP contribution in [0.25, 0.3) is 0 Å². The van der Waals surface area contributed by atoms with Crippen molar-refractivity contribution in [3.05, 3.63) is 105 Å². The number of hydrogen-bond acceptors (Lipinski definition) is 2. The summed E-state index contributed by atoms with van der Waals surface area (Å²) in [5.74, 6) is 0.222. The average molecular weight is 426 g/mol. The third-order valence-electron chi connectivity index (χ3n) is 5.34. The molecule has 0 radical (unpaired) electrons. The summed E-state index contributed by atoms with van der Waals surface area (Å²) in [6, 6.07) is 23.6. The highest BCUT2D eigenvalue weighted by Gasteiger charge is 2.29. The predicted octanol–water partition coefficient (Wildman–Crippen LogP) is 6.89. The first-order valence-corrected chi connectivity index (χ1v) is 10.4. The van der Waals surface area contributed by atoms with Crippen molar-refractivity contribution in [1.29, 1.82) is 0 Å². The van der Waals surface area contributed by atoms with Crippen molar-refractivity contribution in [2.24, 2.45) is 0 Å². The van der Waals surface area contributed by atoms with Gasteiger partial charge in [-0.25, -0.2) is 4.79 Å². The number of amides is 1. The molecule has 0 saturated carbocycles. The normalized spacial score (nSPS) is 18.0. The van der Waals surface area contributed by atoms with Gasteiger partial charge in [0.25, 0.3) is 0 Å². The van der Waals surface area contributed by atoms with E-state index in [9.17, 15) is 4.79 Å². The van der Waals surface area contributed by atoms with Crippen LogP contribution >= 0.6 is 23.2 Å². The first-order valence-electron chi connectivity index (χ1n) is 9.63. The molecule has 3 aromatic carbocycles. The van der Waals surface area contributed by atoms with Crippen molar-refractivity contribution in [3.8, 4) is 0 Å². The maximum Gasteiger partial charge on any atom is 0.407 e. The second-order valence-electron chi connectivity index (χ2n) is 7.19. The molecule has 2 atom stereocenters. The molecule has 0 bridgehead atoms. The molecule has 1 N–H and O–H groups in total. The van der Waals surface area contributed by atoms with Gasteiger partial charge < -0.3 is 10.1 Å². The lowest BCUT2D eigenvalue weighted by Crippen LogP contribution is -2.32. The van der Waals surface area contributed by atoms with Crippen LogP contribution in [0.2, 0.25) is 10.0 Å². The van der Waals surface area contributed by atoms with Crippen LogP contribution in [0.15, 0.2) is 72.8 Å². The number of nitrogens with one attached hydrogen (secondary N) is 1. The smallest absolute Gasteiger partial charge is 0.407 e. The van der Waals surface area contributed by atoms with E-state index in [-0.39, 0.29) is 18.6 Å². The Morgan fingerprint density at radius 3 is 2.38 bits per heavy atom. The summed E-state index contributed by atoms with van der Waals surface area (Å²) in [4.78, 5) is 12.4. The first kappa shape index (κ1) is 19.8. The standard InChI is InChI=1S/C24H21Cl2NO2/c25-21-12-10-17(14-22(21)26)18-11-13-23(20-9-5-4-8-19(18)20)27-24(28)29-15-16-6-2-1-3-7-16/h1-10,12,14,18,23H,11,13,15H2,(H,27,28). The first-order chi connectivity index (χ1) is 14.1. The zero-order valence-electron chi connectivity index (χ0n) is 15.8. The summed E-state index contributed by atoms with van der Waals surface area (Å²) in [6.45, 7) is 0.257. The lowest BCUT2D eigenvalue weighted by atomic mass is 9.77. The maximum absolute atomic E-state index is 12.4. The fourth-order valence-corrected chi connectivity index (χ4v) is 4.23. The van der Waals surface area contributed by atoms with Gasteiger partial charge >= 0.3 is 6.09 Å². The van der Waals surface area contributed by atoms with E-state index in [1.54, 1.807) is 0 Å². The molecule has 29 heavy (non-hydrogen) atoms. The predicted molar refractivity (Wildman–Crippen MR) is 116 cm³/mol. The fourth-order valence-electron chi connectivity index (χ4n) is 3.92. The van der Waals surface area contributed by atoms with Gasteiger partial charge in [0.15, 0.2) is 0 Å². The van der Waals surface area contributed by atoms with Crippen molar-refractivity contribution in [2.45, 2.75) is 31.4 Å². The maximum atomic E-state index is 12.4. The van der Waals surface area contributed by atoms with Crippen LogP contribution < -0.4 is 5.32 Å². The molecule has 0 aromatic heterocycles. The number of rotatable bonds is 4. The van der Waals surface area contributed by atoms with Crippen LogP contribution in [0.5, 0.6) is 0 Å². The number of carbonyl (C=O) groups excluding carboxylic acids is 1. The van der Waals surface area contributed by atoms with Gasteiger partial charge in [-0.2, -0.15) is 0 Å². The molecule has 0 heterocycles. The molecule has 0 aliphatic heterocycles. The molecule has 5 heteroatoms. The molecule has 1 aliphatic rings. The Bertz CT molecular complexity index is 1010. The van der Waals surface area contributed by atoms with Crippen LogP contribution in [0.1, 0.15) is 47.1 Å². The Kier molecular flexibility index (Phi) is 6.08. The Morgan fingerprint density at radius 1 is 0.897 bits per heavy atom. The topological polar surface area (TPSA) is 38.3 Å². The zero-order chi connectivity index (χ0) is 20.2. The minimum absolute atomic E-state index is 0.0755. The third-order valence-corrected chi connectivity index (χ3v) is 6.08. The van der Waals surface area contributed by atoms with E-state index in [1.807, 2.05) is 60.7 Å². The fraction of sp³-hybridized carbons (Fsp3) is 0.208. The molecule has 148 valence electrons. The molecule has 2 unspecified atom stereocenters. The Balaban J connectivity index is 1.49. The van der Waals surface area contributed by atoms with Crippen molar-refractivity contribution in [2.75, 3.05) is 0 Å². The molecule has 3 nitrogen and oxygen atoms in total. The van der Waals surface area contributed by atoms with Gasteiger partial charge in [0, 0.05) is 5.92 Å². The summed E-state index contributed by atoms with van der Waals surface area (Å²) in [6.07, 6.45) is 1.32. The van der Waals surface area contributed by atoms with E-state index in [4.69, 9.17) is 27.9 Å². The van der Waals surface area contributed by atoms with Gasteiger partial charge in [-0.3, -0.25) is 0 Å². The molecule has 1 aliphatic carbocycles. The average Bonchev–Trinajstić information content (AvgIpc) is 2.75. The van der Waals surface area contributed by atoms with E-state index in [0.717, 1.165) is 29.5 Å². The molecular weight excluding hydrogens is 405 g/mol. The van der Waals surface area contributed by atoms with Crippen molar-refractivity contribution >= 4 is 29.3 Å². The van der Waals surface area contributed by atoms with E-state index in [1.165, 1.54) is 5.56 Å². The number of carbonyl (C=O) groups is 1. The van der Waals surface area contributed by atoms with Gasteiger partial charge in [0.2, 0.25) is 0 Å². The van der Waals surface area contributed by atoms with E-state index >= 15 is 0 Å². The molecular formula is C24H21Cl2NO2. The summed E-state index contributed by atoms with van der Waals surface area (Å²) < 4.78 is 5.40. The quantitative estimate of drug-likeness (QED) is 0.494. The van der Waals surface area contributed by atoms with E-state index < -0.39 is 6.09 Å². The van der Waals surface area contributed by atoms with Crippen LogP contribution in [-0.4, -0.2) is 6.09 Å².